The Balaban J connectivity index is 2.60. The molecule has 0 radical (unpaired) electrons. The van der Waals surface area contributed by atoms with Crippen LogP contribution >= 0.6 is 22.6 Å². The molecule has 0 aliphatic carbocycles. The Morgan fingerprint density at radius 2 is 2.33 bits per heavy atom. The Bertz CT molecular complexity index is 327. The van der Waals surface area contributed by atoms with Crippen LogP contribution in [0.5, 0.6) is 11.5 Å². The number of nitrogens with two attached hydrogens (primary N) is 1. The van der Waals surface area contributed by atoms with Crippen molar-refractivity contribution >= 4 is 22.6 Å². The van der Waals surface area contributed by atoms with Gasteiger partial charge < -0.3 is 15.6 Å². The maximum Gasteiger partial charge on any atom is 0.137 e. The van der Waals surface area contributed by atoms with Gasteiger partial charge in [-0.1, -0.05) is 0 Å². The second-order valence-electron chi connectivity index (χ2n) is 2.76. The van der Waals surface area contributed by atoms with Gasteiger partial charge in [0.1, 0.15) is 18.1 Å². The third-order valence-electron chi connectivity index (χ3n) is 1.86. The molecule has 0 bridgehead atoms. The average molecular weight is 277 g/mol. The van der Waals surface area contributed by atoms with E-state index in [9.17, 15) is 5.11 Å². The highest BCUT2D eigenvalue weighted by Crippen LogP contribution is 2.37. The average Bonchev–Trinajstić information content (AvgIpc) is 2.33. The van der Waals surface area contributed by atoms with Crippen LogP contribution in [0.4, 0.5) is 0 Å². The van der Waals surface area contributed by atoms with Gasteiger partial charge in [-0.05, 0) is 34.7 Å². The second kappa shape index (κ2) is 2.77. The smallest absolute Gasteiger partial charge is 0.137 e. The first-order chi connectivity index (χ1) is 5.68. The van der Waals surface area contributed by atoms with Crippen LogP contribution < -0.4 is 10.5 Å². The van der Waals surface area contributed by atoms with E-state index in [1.807, 2.05) is 0 Å². The van der Waals surface area contributed by atoms with E-state index in [0.29, 0.717) is 6.61 Å². The summed E-state index contributed by atoms with van der Waals surface area (Å²) >= 11 is 2.12. The lowest BCUT2D eigenvalue weighted by atomic mass is 10.1. The lowest BCUT2D eigenvalue weighted by Gasteiger charge is -2.03. The molecule has 2 rings (SSSR count). The molecule has 0 unspecified atom stereocenters. The molecule has 0 saturated carbocycles. The number of aromatic hydroxyl groups is 1. The summed E-state index contributed by atoms with van der Waals surface area (Å²) in [4.78, 5) is 0. The van der Waals surface area contributed by atoms with Gasteiger partial charge in [-0.15, -0.1) is 0 Å². The number of benzene rings is 1. The number of hydrogen-bond donors (Lipinski definition) is 2. The number of rotatable bonds is 0. The Labute approximate surface area is 83.7 Å². The molecule has 12 heavy (non-hydrogen) atoms. The number of halogens is 1. The van der Waals surface area contributed by atoms with Gasteiger partial charge >= 0.3 is 0 Å². The highest BCUT2D eigenvalue weighted by atomic mass is 127. The van der Waals surface area contributed by atoms with Crippen LogP contribution in [0.15, 0.2) is 12.1 Å². The minimum absolute atomic E-state index is 0.0967. The van der Waals surface area contributed by atoms with Crippen LogP contribution in [-0.2, 0) is 0 Å². The van der Waals surface area contributed by atoms with Gasteiger partial charge in [0.2, 0.25) is 0 Å². The van der Waals surface area contributed by atoms with Crippen molar-refractivity contribution in [3.8, 4) is 11.5 Å². The summed E-state index contributed by atoms with van der Waals surface area (Å²) in [7, 11) is 0. The minimum atomic E-state index is -0.0967. The predicted octanol–water partition coefficient (Wildman–Crippen LogP) is 1.39. The van der Waals surface area contributed by atoms with Crippen molar-refractivity contribution in [2.45, 2.75) is 6.04 Å². The zero-order valence-electron chi connectivity index (χ0n) is 6.25. The molecule has 3 N–H and O–H groups in total. The lowest BCUT2D eigenvalue weighted by molar-refractivity contribution is 0.331. The summed E-state index contributed by atoms with van der Waals surface area (Å²) in [5.74, 6) is 1.07. The molecule has 1 aromatic carbocycles. The minimum Gasteiger partial charge on any atom is -0.508 e. The zero-order valence-corrected chi connectivity index (χ0v) is 8.41. The topological polar surface area (TPSA) is 55.5 Å². The third-order valence-corrected chi connectivity index (χ3v) is 2.67. The highest BCUT2D eigenvalue weighted by Gasteiger charge is 2.23. The van der Waals surface area contributed by atoms with Crippen molar-refractivity contribution in [3.05, 3.63) is 21.3 Å². The van der Waals surface area contributed by atoms with Crippen LogP contribution in [0.1, 0.15) is 11.6 Å². The van der Waals surface area contributed by atoms with E-state index in [-0.39, 0.29) is 11.8 Å². The van der Waals surface area contributed by atoms with Gasteiger partial charge in [0.25, 0.3) is 0 Å². The maximum absolute atomic E-state index is 9.28. The van der Waals surface area contributed by atoms with E-state index < -0.39 is 0 Å². The summed E-state index contributed by atoms with van der Waals surface area (Å²) < 4.78 is 6.27. The first-order valence-corrected chi connectivity index (χ1v) is 4.67. The molecular formula is C8H8INO2. The standard InChI is InChI=1S/C8H8INO2/c9-6-2-4(11)1-5-7(10)3-12-8(5)6/h1-2,7,11H,3,10H2/t7-/m1/s1. The highest BCUT2D eigenvalue weighted by molar-refractivity contribution is 14.1. The second-order valence-corrected chi connectivity index (χ2v) is 3.93. The van der Waals surface area contributed by atoms with E-state index in [0.717, 1.165) is 14.9 Å². The van der Waals surface area contributed by atoms with Gasteiger partial charge in [-0.3, -0.25) is 0 Å². The van der Waals surface area contributed by atoms with Gasteiger partial charge in [-0.25, -0.2) is 0 Å². The molecule has 0 fully saturated rings. The first-order valence-electron chi connectivity index (χ1n) is 3.59. The Hall–Kier alpha value is -0.490. The largest absolute Gasteiger partial charge is 0.508 e. The molecule has 1 atom stereocenters. The SMILES string of the molecule is N[C@@H]1COc2c(I)cc(O)cc21. The summed E-state index contributed by atoms with van der Waals surface area (Å²) in [5, 5.41) is 9.28. The molecule has 0 spiro atoms. The van der Waals surface area contributed by atoms with Gasteiger partial charge in [0.05, 0.1) is 9.61 Å². The number of phenols is 1. The molecule has 1 aromatic rings. The first kappa shape index (κ1) is 8.12. The van der Waals surface area contributed by atoms with E-state index >= 15 is 0 Å². The van der Waals surface area contributed by atoms with Crippen molar-refractivity contribution in [2.75, 3.05) is 6.61 Å². The summed E-state index contributed by atoms with van der Waals surface area (Å²) in [6.07, 6.45) is 0. The maximum atomic E-state index is 9.28. The molecule has 0 saturated heterocycles. The monoisotopic (exact) mass is 277 g/mol. The summed E-state index contributed by atoms with van der Waals surface area (Å²) in [6.45, 7) is 0.509. The van der Waals surface area contributed by atoms with E-state index in [4.69, 9.17) is 10.5 Å². The molecule has 0 aromatic heterocycles. The van der Waals surface area contributed by atoms with Gasteiger partial charge in [0, 0.05) is 5.56 Å². The summed E-state index contributed by atoms with van der Waals surface area (Å²) in [5.41, 5.74) is 6.65. The quantitative estimate of drug-likeness (QED) is 0.704. The van der Waals surface area contributed by atoms with Crippen LogP contribution in [-0.4, -0.2) is 11.7 Å². The predicted molar refractivity (Wildman–Crippen MR) is 53.2 cm³/mol. The van der Waals surface area contributed by atoms with Crippen molar-refractivity contribution in [1.82, 2.24) is 0 Å². The van der Waals surface area contributed by atoms with Crippen molar-refractivity contribution in [1.29, 1.82) is 0 Å². The zero-order chi connectivity index (χ0) is 8.72. The molecule has 0 amide bonds. The Kier molecular flexibility index (Phi) is 1.88. The van der Waals surface area contributed by atoms with Crippen LogP contribution in [0.25, 0.3) is 0 Å². The van der Waals surface area contributed by atoms with Crippen molar-refractivity contribution < 1.29 is 9.84 Å². The van der Waals surface area contributed by atoms with E-state index in [1.165, 1.54) is 0 Å². The van der Waals surface area contributed by atoms with E-state index in [1.54, 1.807) is 12.1 Å². The fraction of sp³-hybridized carbons (Fsp3) is 0.250. The molecule has 1 aliphatic heterocycles. The number of phenolic OH excluding ortho intramolecular Hbond substituents is 1. The van der Waals surface area contributed by atoms with Gasteiger partial charge in [-0.2, -0.15) is 0 Å². The molecule has 1 heterocycles. The summed E-state index contributed by atoms with van der Waals surface area (Å²) in [6, 6.07) is 3.23. The lowest BCUT2D eigenvalue weighted by Crippen LogP contribution is -2.10. The van der Waals surface area contributed by atoms with Crippen LogP contribution in [0.3, 0.4) is 0 Å². The van der Waals surface area contributed by atoms with Gasteiger partial charge in [0.15, 0.2) is 0 Å². The molecule has 64 valence electrons. The third kappa shape index (κ3) is 1.15. The van der Waals surface area contributed by atoms with Crippen LogP contribution in [0.2, 0.25) is 0 Å². The normalized spacial score (nSPS) is 20.3. The number of hydrogen-bond acceptors (Lipinski definition) is 3. The molecule has 4 heteroatoms. The van der Waals surface area contributed by atoms with E-state index in [2.05, 4.69) is 22.6 Å². The van der Waals surface area contributed by atoms with Crippen LogP contribution in [0, 0.1) is 3.57 Å². The van der Waals surface area contributed by atoms with Crippen molar-refractivity contribution in [2.24, 2.45) is 5.73 Å². The molecule has 3 nitrogen and oxygen atoms in total. The fourth-order valence-corrected chi connectivity index (χ4v) is 2.08. The number of ether oxygens (including phenoxy) is 1. The van der Waals surface area contributed by atoms with Crippen molar-refractivity contribution in [3.63, 3.8) is 0 Å². The molecular weight excluding hydrogens is 269 g/mol. The Morgan fingerprint density at radius 3 is 3.08 bits per heavy atom. The Morgan fingerprint density at radius 1 is 1.58 bits per heavy atom. The fourth-order valence-electron chi connectivity index (χ4n) is 1.29. The number of fused-ring (bicyclic) bond motifs is 1. The molecule has 1 aliphatic rings.